The Morgan fingerprint density at radius 1 is 0.882 bits per heavy atom. The molecule has 0 heterocycles. The zero-order chi connectivity index (χ0) is 25.0. The first-order valence-corrected chi connectivity index (χ1v) is 14.9. The highest BCUT2D eigenvalue weighted by Gasteiger charge is 2.64. The lowest BCUT2D eigenvalue weighted by atomic mass is 9.43. The maximum Gasteiger partial charge on any atom is 0.319 e. The van der Waals surface area contributed by atoms with Crippen molar-refractivity contribution in [3.05, 3.63) is 0 Å². The number of hydrogen-bond donors (Lipinski definition) is 0. The van der Waals surface area contributed by atoms with Crippen LogP contribution in [0.25, 0.3) is 0 Å². The minimum absolute atomic E-state index is 0.0341. The predicted molar refractivity (Wildman–Crippen MR) is 138 cm³/mol. The number of esters is 2. The largest absolute Gasteiger partial charge is 0.462 e. The number of ether oxygens (including phenoxy) is 2. The Morgan fingerprint density at radius 3 is 2.15 bits per heavy atom. The Hall–Kier alpha value is -0.430. The first-order valence-electron chi connectivity index (χ1n) is 13.1. The third kappa shape index (κ3) is 4.54. The zero-order valence-electron chi connectivity index (χ0n) is 21.2. The molecule has 4 saturated carbocycles. The number of rotatable bonds is 5. The molecule has 34 heavy (non-hydrogen) atoms. The van der Waals surface area contributed by atoms with Gasteiger partial charge < -0.3 is 9.47 Å². The van der Waals surface area contributed by atoms with Gasteiger partial charge in [-0.15, -0.1) is 0 Å². The van der Waals surface area contributed by atoms with Crippen LogP contribution < -0.4 is 0 Å². The summed E-state index contributed by atoms with van der Waals surface area (Å²) in [6, 6.07) is 0. The molecular formula is C27H40Br2O5. The van der Waals surface area contributed by atoms with E-state index in [4.69, 9.17) is 9.47 Å². The highest BCUT2D eigenvalue weighted by Crippen LogP contribution is 2.68. The summed E-state index contributed by atoms with van der Waals surface area (Å²) in [7, 11) is 0. The molecule has 0 aromatic heterocycles. The summed E-state index contributed by atoms with van der Waals surface area (Å²) in [6.45, 7) is 10.0. The Bertz CT molecular complexity index is 828. The van der Waals surface area contributed by atoms with Crippen LogP contribution in [0.1, 0.15) is 86.0 Å². The second kappa shape index (κ2) is 9.79. The number of alkyl halides is 2. The molecule has 0 aromatic carbocycles. The molecule has 4 aliphatic rings. The lowest BCUT2D eigenvalue weighted by molar-refractivity contribution is -0.201. The van der Waals surface area contributed by atoms with Crippen LogP contribution in [0.5, 0.6) is 0 Å². The van der Waals surface area contributed by atoms with Gasteiger partial charge in [-0.3, -0.25) is 14.4 Å². The van der Waals surface area contributed by atoms with Crippen molar-refractivity contribution in [1.82, 2.24) is 0 Å². The van der Waals surface area contributed by atoms with E-state index < -0.39 is 0 Å². The Balaban J connectivity index is 1.63. The van der Waals surface area contributed by atoms with Crippen LogP contribution in [-0.2, 0) is 23.9 Å². The van der Waals surface area contributed by atoms with E-state index in [9.17, 15) is 14.4 Å². The standard InChI is InChI=1S/C27H40Br2O5/c1-14(28)24(31)33-18-10-11-26(4)17(12-18)6-7-19-21-9-8-20(16(3)30)27(21,5)13-22(23(19)26)34-25(32)15(2)29/h14-15,17-23H,6-13H2,1-5H3/t14?,15?,17-,18+,19-,20+,21-,22-,23+,26-,27+/m0/s1. The van der Waals surface area contributed by atoms with Gasteiger partial charge in [0.1, 0.15) is 27.6 Å². The van der Waals surface area contributed by atoms with Crippen LogP contribution in [0.4, 0.5) is 0 Å². The summed E-state index contributed by atoms with van der Waals surface area (Å²) in [6.07, 6.45) is 7.56. The summed E-state index contributed by atoms with van der Waals surface area (Å²) in [4.78, 5) is 37.0. The Labute approximate surface area is 221 Å². The summed E-state index contributed by atoms with van der Waals surface area (Å²) in [5.41, 5.74) is -0.0581. The van der Waals surface area contributed by atoms with Crippen molar-refractivity contribution < 1.29 is 23.9 Å². The highest BCUT2D eigenvalue weighted by molar-refractivity contribution is 9.10. The van der Waals surface area contributed by atoms with Crippen molar-refractivity contribution >= 4 is 49.6 Å². The van der Waals surface area contributed by atoms with Crippen molar-refractivity contribution in [2.75, 3.05) is 0 Å². The van der Waals surface area contributed by atoms with Crippen LogP contribution in [0, 0.1) is 40.4 Å². The molecule has 4 aliphatic carbocycles. The van der Waals surface area contributed by atoms with Gasteiger partial charge in [0, 0.05) is 11.8 Å². The molecule has 0 bridgehead atoms. The van der Waals surface area contributed by atoms with Gasteiger partial charge in [-0.25, -0.2) is 0 Å². The minimum Gasteiger partial charge on any atom is -0.462 e. The fraction of sp³-hybridized carbons (Fsp3) is 0.889. The molecule has 0 amide bonds. The summed E-state index contributed by atoms with van der Waals surface area (Å²) in [5, 5.41) is 0. The van der Waals surface area contributed by atoms with E-state index in [1.807, 2.05) is 6.92 Å². The van der Waals surface area contributed by atoms with Crippen molar-refractivity contribution in [3.63, 3.8) is 0 Å². The summed E-state index contributed by atoms with van der Waals surface area (Å²) >= 11 is 6.73. The molecule has 0 aromatic rings. The fourth-order valence-electron chi connectivity index (χ4n) is 8.69. The van der Waals surface area contributed by atoms with E-state index in [0.29, 0.717) is 17.8 Å². The lowest BCUT2D eigenvalue weighted by Crippen LogP contribution is -2.60. The fourth-order valence-corrected chi connectivity index (χ4v) is 8.91. The molecule has 7 heteroatoms. The first-order chi connectivity index (χ1) is 15.9. The van der Waals surface area contributed by atoms with Crippen LogP contribution in [0.2, 0.25) is 0 Å². The SMILES string of the molecule is CC(=O)[C@H]1CC[C@H]2[C@@H]3CC[C@H]4C[C@H](OC(=O)C(C)Br)CC[C@]4(C)[C@H]3[C@@H](OC(=O)C(C)Br)C[C@]12C. The molecule has 11 atom stereocenters. The van der Waals surface area contributed by atoms with Crippen LogP contribution in [0.15, 0.2) is 0 Å². The van der Waals surface area contributed by atoms with Gasteiger partial charge in [-0.1, -0.05) is 45.7 Å². The van der Waals surface area contributed by atoms with Gasteiger partial charge in [0.25, 0.3) is 0 Å². The Morgan fingerprint density at radius 2 is 1.53 bits per heavy atom. The molecule has 5 nitrogen and oxygen atoms in total. The van der Waals surface area contributed by atoms with Crippen LogP contribution in [0.3, 0.4) is 0 Å². The number of ketones is 1. The molecule has 0 spiro atoms. The number of hydrogen-bond acceptors (Lipinski definition) is 5. The van der Waals surface area contributed by atoms with E-state index >= 15 is 0 Å². The molecular weight excluding hydrogens is 564 g/mol. The summed E-state index contributed by atoms with van der Waals surface area (Å²) < 4.78 is 12.1. The van der Waals surface area contributed by atoms with E-state index in [-0.39, 0.29) is 62.2 Å². The lowest BCUT2D eigenvalue weighted by Gasteiger charge is -2.62. The molecule has 192 valence electrons. The third-order valence-electron chi connectivity index (χ3n) is 10.2. The van der Waals surface area contributed by atoms with E-state index in [2.05, 4.69) is 45.7 Å². The molecule has 0 N–H and O–H groups in total. The Kier molecular flexibility index (Phi) is 7.67. The minimum atomic E-state index is -0.350. The molecule has 2 unspecified atom stereocenters. The van der Waals surface area contributed by atoms with Gasteiger partial charge in [0.2, 0.25) is 0 Å². The van der Waals surface area contributed by atoms with Gasteiger partial charge >= 0.3 is 11.9 Å². The second-order valence-electron chi connectivity index (χ2n) is 12.1. The van der Waals surface area contributed by atoms with Gasteiger partial charge in [0.05, 0.1) is 0 Å². The molecule has 0 radical (unpaired) electrons. The number of halogens is 2. The molecule has 0 saturated heterocycles. The van der Waals surface area contributed by atoms with Crippen molar-refractivity contribution in [2.45, 2.75) is 108 Å². The molecule has 4 rings (SSSR count). The number of Topliss-reactive ketones (excluding diaryl/α,β-unsaturated/α-hetero) is 1. The predicted octanol–water partition coefficient (Wildman–Crippen LogP) is 6.23. The van der Waals surface area contributed by atoms with Crippen molar-refractivity contribution in [1.29, 1.82) is 0 Å². The van der Waals surface area contributed by atoms with Crippen molar-refractivity contribution in [3.8, 4) is 0 Å². The van der Waals surface area contributed by atoms with E-state index in [0.717, 1.165) is 51.4 Å². The number of carbonyl (C=O) groups excluding carboxylic acids is 3. The number of carbonyl (C=O) groups is 3. The highest BCUT2D eigenvalue weighted by atomic mass is 79.9. The topological polar surface area (TPSA) is 69.7 Å². The van der Waals surface area contributed by atoms with Crippen LogP contribution >= 0.6 is 31.9 Å². The quantitative estimate of drug-likeness (QED) is 0.275. The maximum atomic E-state index is 12.8. The van der Waals surface area contributed by atoms with Crippen LogP contribution in [-0.4, -0.2) is 39.6 Å². The maximum absolute atomic E-state index is 12.8. The van der Waals surface area contributed by atoms with Crippen molar-refractivity contribution in [2.24, 2.45) is 40.4 Å². The average Bonchev–Trinajstić information content (AvgIpc) is 3.10. The van der Waals surface area contributed by atoms with E-state index in [1.165, 1.54) is 0 Å². The normalized spacial score (nSPS) is 45.2. The number of fused-ring (bicyclic) bond motifs is 5. The monoisotopic (exact) mass is 602 g/mol. The van der Waals surface area contributed by atoms with E-state index in [1.54, 1.807) is 13.8 Å². The van der Waals surface area contributed by atoms with Gasteiger partial charge in [0.15, 0.2) is 0 Å². The smallest absolute Gasteiger partial charge is 0.319 e. The van der Waals surface area contributed by atoms with Gasteiger partial charge in [-0.2, -0.15) is 0 Å². The van der Waals surface area contributed by atoms with Gasteiger partial charge in [-0.05, 0) is 101 Å². The summed E-state index contributed by atoms with van der Waals surface area (Å²) in [5.74, 6) is 1.66. The molecule has 0 aliphatic heterocycles. The zero-order valence-corrected chi connectivity index (χ0v) is 24.3. The molecule has 4 fully saturated rings. The average molecular weight is 604 g/mol. The second-order valence-corrected chi connectivity index (χ2v) is 14.8. The first kappa shape index (κ1) is 26.6. The third-order valence-corrected chi connectivity index (χ3v) is 11.0.